The summed E-state index contributed by atoms with van der Waals surface area (Å²) >= 11 is 0. The van der Waals surface area contributed by atoms with Crippen molar-refractivity contribution in [2.24, 2.45) is 0 Å². The fourth-order valence-corrected chi connectivity index (χ4v) is 8.64. The Labute approximate surface area is 298 Å². The third kappa shape index (κ3) is 4.43. The van der Waals surface area contributed by atoms with Crippen LogP contribution in [0.2, 0.25) is 0 Å². The Balaban J connectivity index is 1.20. The molecule has 0 saturated carbocycles. The second-order valence-electron chi connectivity index (χ2n) is 14.1. The van der Waals surface area contributed by atoms with Gasteiger partial charge in [-0.2, -0.15) is 0 Å². The van der Waals surface area contributed by atoms with E-state index in [0.29, 0.717) is 0 Å². The van der Waals surface area contributed by atoms with Gasteiger partial charge in [0.15, 0.2) is 0 Å². The number of anilines is 3. The standard InChI is InChI=1S/C49H36N2/c1-49(2)42-23-9-5-21-41(42)48-40(22-14-24-43(48)49)39-20-8-12-27-47(39)50(44-28-13-16-33-15-3-4-17-36(33)44)34-29-31-35(32-30-34)51-45-25-10-6-18-37(45)38-19-7-11-26-46(38)51/h3-32H,1-2H3. The first-order valence-electron chi connectivity index (χ1n) is 17.8. The average molecular weight is 653 g/mol. The van der Waals surface area contributed by atoms with E-state index in [0.717, 1.165) is 22.7 Å². The molecule has 0 N–H and O–H groups in total. The predicted octanol–water partition coefficient (Wildman–Crippen LogP) is 13.4. The zero-order valence-electron chi connectivity index (χ0n) is 28.7. The lowest BCUT2D eigenvalue weighted by atomic mass is 9.82. The summed E-state index contributed by atoms with van der Waals surface area (Å²) in [4.78, 5) is 2.46. The molecule has 2 heteroatoms. The zero-order valence-corrected chi connectivity index (χ0v) is 28.7. The Morgan fingerprint density at radius 1 is 0.412 bits per heavy atom. The number of rotatable bonds is 5. The maximum absolute atomic E-state index is 2.46. The lowest BCUT2D eigenvalue weighted by molar-refractivity contribution is 0.660. The van der Waals surface area contributed by atoms with Gasteiger partial charge in [0.1, 0.15) is 0 Å². The smallest absolute Gasteiger partial charge is 0.0541 e. The molecule has 1 aromatic heterocycles. The maximum atomic E-state index is 2.46. The van der Waals surface area contributed by atoms with E-state index in [1.54, 1.807) is 0 Å². The van der Waals surface area contributed by atoms with Crippen LogP contribution in [0.1, 0.15) is 25.0 Å². The number of fused-ring (bicyclic) bond motifs is 7. The molecule has 51 heavy (non-hydrogen) atoms. The average Bonchev–Trinajstić information content (AvgIpc) is 3.64. The lowest BCUT2D eigenvalue weighted by Gasteiger charge is -2.30. The molecule has 0 spiro atoms. The van der Waals surface area contributed by atoms with Crippen LogP contribution in [0.3, 0.4) is 0 Å². The first-order valence-corrected chi connectivity index (χ1v) is 17.8. The fourth-order valence-electron chi connectivity index (χ4n) is 8.64. The minimum absolute atomic E-state index is 0.0746. The molecule has 2 nitrogen and oxygen atoms in total. The van der Waals surface area contributed by atoms with Crippen molar-refractivity contribution < 1.29 is 0 Å². The van der Waals surface area contributed by atoms with Crippen LogP contribution >= 0.6 is 0 Å². The lowest BCUT2D eigenvalue weighted by Crippen LogP contribution is -2.15. The Morgan fingerprint density at radius 3 is 1.71 bits per heavy atom. The molecule has 1 heterocycles. The third-order valence-electron chi connectivity index (χ3n) is 11.0. The summed E-state index contributed by atoms with van der Waals surface area (Å²) in [5, 5.41) is 4.97. The highest BCUT2D eigenvalue weighted by atomic mass is 15.1. The summed E-state index contributed by atoms with van der Waals surface area (Å²) in [7, 11) is 0. The molecule has 0 bridgehead atoms. The second kappa shape index (κ2) is 11.3. The van der Waals surface area contributed by atoms with Crippen LogP contribution in [0.15, 0.2) is 182 Å². The molecule has 0 fully saturated rings. The molecule has 9 aromatic rings. The summed E-state index contributed by atoms with van der Waals surface area (Å²) in [6.45, 7) is 4.71. The largest absolute Gasteiger partial charge is 0.309 e. The van der Waals surface area contributed by atoms with Gasteiger partial charge in [-0.05, 0) is 81.7 Å². The van der Waals surface area contributed by atoms with Gasteiger partial charge < -0.3 is 9.47 Å². The maximum Gasteiger partial charge on any atom is 0.0541 e. The van der Waals surface area contributed by atoms with E-state index in [-0.39, 0.29) is 5.41 Å². The molecule has 0 unspecified atom stereocenters. The molecule has 1 aliphatic rings. The van der Waals surface area contributed by atoms with Crippen molar-refractivity contribution in [2.75, 3.05) is 4.90 Å². The van der Waals surface area contributed by atoms with Gasteiger partial charge in [-0.1, -0.05) is 147 Å². The molecule has 242 valence electrons. The van der Waals surface area contributed by atoms with Gasteiger partial charge >= 0.3 is 0 Å². The molecular formula is C49H36N2. The topological polar surface area (TPSA) is 8.17 Å². The van der Waals surface area contributed by atoms with Gasteiger partial charge in [-0.25, -0.2) is 0 Å². The highest BCUT2D eigenvalue weighted by Crippen LogP contribution is 2.54. The number of benzene rings is 8. The van der Waals surface area contributed by atoms with Crippen LogP contribution in [-0.4, -0.2) is 4.57 Å². The van der Waals surface area contributed by atoms with Gasteiger partial charge in [0.05, 0.1) is 22.4 Å². The minimum Gasteiger partial charge on any atom is -0.309 e. The van der Waals surface area contributed by atoms with Gasteiger partial charge in [0.2, 0.25) is 0 Å². The molecule has 0 radical (unpaired) electrons. The Hall–Kier alpha value is -6.38. The van der Waals surface area contributed by atoms with E-state index < -0.39 is 0 Å². The summed E-state index contributed by atoms with van der Waals surface area (Å²) in [5.74, 6) is 0. The van der Waals surface area contributed by atoms with E-state index in [4.69, 9.17) is 0 Å². The van der Waals surface area contributed by atoms with Crippen molar-refractivity contribution in [3.05, 3.63) is 193 Å². The number of nitrogens with zero attached hydrogens (tertiary/aromatic N) is 2. The van der Waals surface area contributed by atoms with Crippen LogP contribution in [0, 0.1) is 0 Å². The van der Waals surface area contributed by atoms with Crippen LogP contribution < -0.4 is 4.90 Å². The Bertz CT molecular complexity index is 2720. The molecule has 0 aliphatic heterocycles. The number of hydrogen-bond donors (Lipinski definition) is 0. The first kappa shape index (κ1) is 29.5. The van der Waals surface area contributed by atoms with E-state index >= 15 is 0 Å². The van der Waals surface area contributed by atoms with E-state index in [1.807, 2.05) is 0 Å². The van der Waals surface area contributed by atoms with Crippen LogP contribution in [0.5, 0.6) is 0 Å². The SMILES string of the molecule is CC1(C)c2ccccc2-c2c(-c3ccccc3N(c3ccc(-n4c5ccccc5c5ccccc54)cc3)c3cccc4ccccc34)cccc21. The van der Waals surface area contributed by atoms with Gasteiger partial charge in [-0.3, -0.25) is 0 Å². The molecular weight excluding hydrogens is 617 g/mol. The molecule has 1 aliphatic carbocycles. The molecule has 10 rings (SSSR count). The van der Waals surface area contributed by atoms with E-state index in [1.165, 1.54) is 66.0 Å². The van der Waals surface area contributed by atoms with Crippen molar-refractivity contribution in [1.29, 1.82) is 0 Å². The van der Waals surface area contributed by atoms with Crippen LogP contribution in [0.25, 0.3) is 60.5 Å². The summed E-state index contributed by atoms with van der Waals surface area (Å²) < 4.78 is 2.39. The Morgan fingerprint density at radius 2 is 0.941 bits per heavy atom. The summed E-state index contributed by atoms with van der Waals surface area (Å²) in [5.41, 5.74) is 14.8. The zero-order chi connectivity index (χ0) is 34.1. The van der Waals surface area contributed by atoms with Crippen molar-refractivity contribution in [1.82, 2.24) is 4.57 Å². The third-order valence-corrected chi connectivity index (χ3v) is 11.0. The highest BCUT2D eigenvalue weighted by molar-refractivity contribution is 6.09. The van der Waals surface area contributed by atoms with E-state index in [9.17, 15) is 0 Å². The highest BCUT2D eigenvalue weighted by Gasteiger charge is 2.37. The van der Waals surface area contributed by atoms with Crippen LogP contribution in [-0.2, 0) is 5.41 Å². The molecule has 8 aromatic carbocycles. The van der Waals surface area contributed by atoms with Crippen molar-refractivity contribution >= 4 is 49.6 Å². The molecule has 0 amide bonds. The van der Waals surface area contributed by atoms with Crippen molar-refractivity contribution in [3.63, 3.8) is 0 Å². The minimum atomic E-state index is -0.0746. The summed E-state index contributed by atoms with van der Waals surface area (Å²) in [6.07, 6.45) is 0. The number of hydrogen-bond acceptors (Lipinski definition) is 1. The van der Waals surface area contributed by atoms with Crippen molar-refractivity contribution in [3.8, 4) is 27.9 Å². The van der Waals surface area contributed by atoms with Gasteiger partial charge in [0.25, 0.3) is 0 Å². The van der Waals surface area contributed by atoms with Gasteiger partial charge in [-0.15, -0.1) is 0 Å². The van der Waals surface area contributed by atoms with E-state index in [2.05, 4.69) is 205 Å². The number of para-hydroxylation sites is 3. The van der Waals surface area contributed by atoms with Crippen molar-refractivity contribution in [2.45, 2.75) is 19.3 Å². The van der Waals surface area contributed by atoms with Crippen LogP contribution in [0.4, 0.5) is 17.1 Å². The number of aromatic nitrogens is 1. The van der Waals surface area contributed by atoms with Gasteiger partial charge in [0, 0.05) is 38.5 Å². The molecule has 0 atom stereocenters. The first-order chi connectivity index (χ1) is 25.1. The predicted molar refractivity (Wildman–Crippen MR) is 216 cm³/mol. The monoisotopic (exact) mass is 652 g/mol. The quantitative estimate of drug-likeness (QED) is 0.180. The fraction of sp³-hybridized carbons (Fsp3) is 0.0612. The molecule has 0 saturated heterocycles. The second-order valence-corrected chi connectivity index (χ2v) is 14.1. The normalized spacial score (nSPS) is 13.1. The Kier molecular flexibility index (Phi) is 6.56. The summed E-state index contributed by atoms with van der Waals surface area (Å²) in [6, 6.07) is 66.6.